The molecule has 1 aliphatic heterocycles. The molecule has 0 aromatic carbocycles. The van der Waals surface area contributed by atoms with Gasteiger partial charge in [0.15, 0.2) is 11.8 Å². The Balaban J connectivity index is 1.58. The first-order chi connectivity index (χ1) is 10.2. The van der Waals surface area contributed by atoms with E-state index in [1.54, 1.807) is 4.52 Å². The molecule has 1 unspecified atom stereocenters. The molecule has 3 heterocycles. The molecule has 0 amide bonds. The van der Waals surface area contributed by atoms with Gasteiger partial charge in [0.2, 0.25) is 5.95 Å². The standard InChI is InChI=1S/C14H15BrN6/c15-11-2-1-5-21-13(11)18-14(19-21)17-12-9-3-4-10(12)7-20(6-9)8-16/h1-2,5,9-10,12H,3-4,6-7H2,(H,17,19)/t9-,10+,12?. The van der Waals surface area contributed by atoms with E-state index in [0.29, 0.717) is 23.8 Å². The van der Waals surface area contributed by atoms with Gasteiger partial charge in [0, 0.05) is 25.3 Å². The van der Waals surface area contributed by atoms with Crippen LogP contribution in [0.2, 0.25) is 0 Å². The molecule has 1 N–H and O–H groups in total. The molecule has 3 atom stereocenters. The van der Waals surface area contributed by atoms with E-state index in [-0.39, 0.29) is 0 Å². The van der Waals surface area contributed by atoms with Gasteiger partial charge < -0.3 is 10.2 Å². The molecule has 7 heteroatoms. The fourth-order valence-corrected chi connectivity index (χ4v) is 4.05. The Bertz CT molecular complexity index is 706. The highest BCUT2D eigenvalue weighted by Crippen LogP contribution is 2.38. The minimum absolute atomic E-state index is 0.380. The number of hydrogen-bond acceptors (Lipinski definition) is 5. The predicted octanol–water partition coefficient (Wildman–Crippen LogP) is 2.10. The monoisotopic (exact) mass is 346 g/mol. The average molecular weight is 347 g/mol. The van der Waals surface area contributed by atoms with Crippen molar-refractivity contribution in [2.45, 2.75) is 18.9 Å². The van der Waals surface area contributed by atoms with Gasteiger partial charge in [-0.1, -0.05) is 0 Å². The van der Waals surface area contributed by atoms with Crippen molar-refractivity contribution in [1.82, 2.24) is 19.5 Å². The fraction of sp³-hybridized carbons (Fsp3) is 0.500. The molecule has 21 heavy (non-hydrogen) atoms. The van der Waals surface area contributed by atoms with E-state index >= 15 is 0 Å². The third-order valence-corrected chi connectivity index (χ3v) is 5.20. The number of nitriles is 1. The van der Waals surface area contributed by atoms with Crippen LogP contribution in [0, 0.1) is 23.3 Å². The number of piperidine rings is 1. The van der Waals surface area contributed by atoms with Crippen LogP contribution in [0.25, 0.3) is 5.65 Å². The summed E-state index contributed by atoms with van der Waals surface area (Å²) in [6.07, 6.45) is 6.53. The Hall–Kier alpha value is -1.81. The van der Waals surface area contributed by atoms with E-state index < -0.39 is 0 Å². The summed E-state index contributed by atoms with van der Waals surface area (Å²) in [5, 5.41) is 17.1. The quantitative estimate of drug-likeness (QED) is 0.843. The van der Waals surface area contributed by atoms with Crippen LogP contribution in [-0.4, -0.2) is 38.6 Å². The Labute approximate surface area is 130 Å². The van der Waals surface area contributed by atoms with Crippen LogP contribution < -0.4 is 5.32 Å². The van der Waals surface area contributed by atoms with E-state index in [2.05, 4.69) is 37.5 Å². The van der Waals surface area contributed by atoms with E-state index in [1.807, 2.05) is 23.2 Å². The number of aromatic nitrogens is 3. The van der Waals surface area contributed by atoms with Gasteiger partial charge in [-0.3, -0.25) is 0 Å². The molecule has 6 nitrogen and oxygen atoms in total. The van der Waals surface area contributed by atoms with Crippen molar-refractivity contribution >= 4 is 27.5 Å². The predicted molar refractivity (Wildman–Crippen MR) is 81.5 cm³/mol. The molecule has 2 aliphatic rings. The summed E-state index contributed by atoms with van der Waals surface area (Å²) in [5.74, 6) is 1.70. The summed E-state index contributed by atoms with van der Waals surface area (Å²) >= 11 is 3.49. The first-order valence-electron chi connectivity index (χ1n) is 7.16. The van der Waals surface area contributed by atoms with Gasteiger partial charge in [-0.05, 0) is 52.7 Å². The Morgan fingerprint density at radius 1 is 1.33 bits per heavy atom. The first kappa shape index (κ1) is 12.9. The molecular formula is C14H15BrN6. The second kappa shape index (κ2) is 4.88. The van der Waals surface area contributed by atoms with Gasteiger partial charge in [-0.2, -0.15) is 10.2 Å². The number of anilines is 1. The van der Waals surface area contributed by atoms with Crippen LogP contribution in [0.3, 0.4) is 0 Å². The fourth-order valence-electron chi connectivity index (χ4n) is 3.62. The number of rotatable bonds is 2. The second-order valence-electron chi connectivity index (χ2n) is 5.83. The van der Waals surface area contributed by atoms with Gasteiger partial charge in [0.05, 0.1) is 4.47 Å². The minimum Gasteiger partial charge on any atom is -0.349 e. The maximum atomic E-state index is 9.08. The summed E-state index contributed by atoms with van der Waals surface area (Å²) in [7, 11) is 0. The maximum Gasteiger partial charge on any atom is 0.243 e. The van der Waals surface area contributed by atoms with Crippen LogP contribution in [0.5, 0.6) is 0 Å². The minimum atomic E-state index is 0.380. The molecule has 2 bridgehead atoms. The number of likely N-dealkylation sites (tertiary alicyclic amines) is 1. The van der Waals surface area contributed by atoms with E-state index in [4.69, 9.17) is 5.26 Å². The molecule has 0 spiro atoms. The van der Waals surface area contributed by atoms with Gasteiger partial charge in [0.1, 0.15) is 0 Å². The maximum absolute atomic E-state index is 9.08. The summed E-state index contributed by atoms with van der Waals surface area (Å²) in [5.41, 5.74) is 0.821. The summed E-state index contributed by atoms with van der Waals surface area (Å²) in [6, 6.07) is 4.28. The zero-order chi connectivity index (χ0) is 14.4. The molecule has 1 saturated heterocycles. The highest BCUT2D eigenvalue weighted by Gasteiger charge is 2.42. The normalized spacial score (nSPS) is 27.8. The second-order valence-corrected chi connectivity index (χ2v) is 6.69. The SMILES string of the molecule is N#CN1C[C@H]2CC[C@@H](C1)C2Nc1nc2c(Br)cccn2n1. The Morgan fingerprint density at radius 2 is 2.10 bits per heavy atom. The van der Waals surface area contributed by atoms with Crippen molar-refractivity contribution in [3.8, 4) is 6.19 Å². The Kier molecular flexibility index (Phi) is 3.00. The van der Waals surface area contributed by atoms with Gasteiger partial charge >= 0.3 is 0 Å². The molecule has 2 fully saturated rings. The first-order valence-corrected chi connectivity index (χ1v) is 7.96. The lowest BCUT2D eigenvalue weighted by molar-refractivity contribution is 0.217. The smallest absolute Gasteiger partial charge is 0.243 e. The van der Waals surface area contributed by atoms with Gasteiger partial charge in [0.25, 0.3) is 0 Å². The zero-order valence-corrected chi connectivity index (χ0v) is 13.0. The van der Waals surface area contributed by atoms with E-state index in [0.717, 1.165) is 23.2 Å². The highest BCUT2D eigenvalue weighted by molar-refractivity contribution is 9.10. The summed E-state index contributed by atoms with van der Waals surface area (Å²) in [6.45, 7) is 1.70. The number of halogens is 1. The van der Waals surface area contributed by atoms with Crippen molar-refractivity contribution in [3.63, 3.8) is 0 Å². The van der Waals surface area contributed by atoms with Crippen molar-refractivity contribution in [2.24, 2.45) is 11.8 Å². The highest BCUT2D eigenvalue weighted by atomic mass is 79.9. The number of nitrogens with one attached hydrogen (secondary N) is 1. The van der Waals surface area contributed by atoms with Crippen LogP contribution >= 0.6 is 15.9 Å². The number of hydrogen-bond donors (Lipinski definition) is 1. The van der Waals surface area contributed by atoms with Crippen LogP contribution in [0.15, 0.2) is 22.8 Å². The number of fused-ring (bicyclic) bond motifs is 3. The third-order valence-electron chi connectivity index (χ3n) is 4.59. The molecule has 0 radical (unpaired) electrons. The lowest BCUT2D eigenvalue weighted by Crippen LogP contribution is -2.46. The van der Waals surface area contributed by atoms with Crippen LogP contribution in [0.4, 0.5) is 5.95 Å². The molecule has 2 aromatic heterocycles. The van der Waals surface area contributed by atoms with Crippen molar-refractivity contribution in [1.29, 1.82) is 5.26 Å². The van der Waals surface area contributed by atoms with E-state index in [9.17, 15) is 0 Å². The molecule has 1 saturated carbocycles. The van der Waals surface area contributed by atoms with E-state index in [1.165, 1.54) is 12.8 Å². The lowest BCUT2D eigenvalue weighted by Gasteiger charge is -2.35. The molecule has 2 aromatic rings. The van der Waals surface area contributed by atoms with Crippen LogP contribution in [0.1, 0.15) is 12.8 Å². The van der Waals surface area contributed by atoms with Gasteiger partial charge in [-0.25, -0.2) is 4.52 Å². The average Bonchev–Trinajstić information content (AvgIpc) is 2.98. The molecule has 1 aliphatic carbocycles. The molecule has 108 valence electrons. The van der Waals surface area contributed by atoms with Crippen molar-refractivity contribution < 1.29 is 0 Å². The van der Waals surface area contributed by atoms with Crippen LogP contribution in [-0.2, 0) is 0 Å². The third kappa shape index (κ3) is 2.14. The summed E-state index contributed by atoms with van der Waals surface area (Å²) in [4.78, 5) is 6.44. The topological polar surface area (TPSA) is 69.2 Å². The Morgan fingerprint density at radius 3 is 2.76 bits per heavy atom. The van der Waals surface area contributed by atoms with Crippen molar-refractivity contribution in [2.75, 3.05) is 18.4 Å². The number of nitrogens with zero attached hydrogens (tertiary/aromatic N) is 5. The summed E-state index contributed by atoms with van der Waals surface area (Å²) < 4.78 is 2.71. The number of pyridine rings is 1. The molecule has 4 rings (SSSR count). The zero-order valence-electron chi connectivity index (χ0n) is 11.4. The van der Waals surface area contributed by atoms with Crippen molar-refractivity contribution in [3.05, 3.63) is 22.8 Å². The van der Waals surface area contributed by atoms with Gasteiger partial charge in [-0.15, -0.1) is 5.10 Å². The lowest BCUT2D eigenvalue weighted by atomic mass is 9.92. The largest absolute Gasteiger partial charge is 0.349 e. The molecular weight excluding hydrogens is 332 g/mol.